The molecule has 0 unspecified atom stereocenters. The molecule has 2 N–H and O–H groups in total. The van der Waals surface area contributed by atoms with Crippen LogP contribution in [0.4, 0.5) is 11.5 Å². The molecule has 0 radical (unpaired) electrons. The lowest BCUT2D eigenvalue weighted by Gasteiger charge is -1.99. The van der Waals surface area contributed by atoms with Crippen molar-refractivity contribution >= 4 is 11.5 Å². The second-order valence-electron chi connectivity index (χ2n) is 3.48. The summed E-state index contributed by atoms with van der Waals surface area (Å²) in [4.78, 5) is 4.12. The number of hydrogen-bond acceptors (Lipinski definition) is 4. The van der Waals surface area contributed by atoms with Crippen LogP contribution in [0.25, 0.3) is 0 Å². The molecule has 2 aromatic rings. The molecule has 86 valence electrons. The molecule has 0 aliphatic rings. The van der Waals surface area contributed by atoms with Crippen molar-refractivity contribution in [3.8, 4) is 11.5 Å². The molecule has 1 aromatic heterocycles. The van der Waals surface area contributed by atoms with Crippen LogP contribution in [0, 0.1) is 0 Å². The monoisotopic (exact) mass is 230 g/mol. The van der Waals surface area contributed by atoms with Gasteiger partial charge in [0, 0.05) is 12.1 Å². The molecular formula is C12H12N3O2+. The van der Waals surface area contributed by atoms with Crippen molar-refractivity contribution in [2.75, 3.05) is 7.05 Å². The molecule has 0 spiro atoms. The van der Waals surface area contributed by atoms with Crippen LogP contribution in [0.2, 0.25) is 0 Å². The summed E-state index contributed by atoms with van der Waals surface area (Å²) in [7, 11) is 1.73. The largest absolute Gasteiger partial charge is 0.508 e. The molecule has 0 amide bonds. The minimum atomic E-state index is -0.0761. The maximum Gasteiger partial charge on any atom is 0.342 e. The van der Waals surface area contributed by atoms with Gasteiger partial charge in [-0.3, -0.25) is 0 Å². The van der Waals surface area contributed by atoms with Crippen LogP contribution < -0.4 is 0 Å². The first-order chi connectivity index (χ1) is 8.16. The molecule has 5 nitrogen and oxygen atoms in total. The van der Waals surface area contributed by atoms with Gasteiger partial charge in [0.05, 0.1) is 0 Å². The lowest BCUT2D eigenvalue weighted by molar-refractivity contribution is -0.480. The fourth-order valence-corrected chi connectivity index (χ4v) is 1.35. The van der Waals surface area contributed by atoms with Crippen molar-refractivity contribution < 1.29 is 14.9 Å². The highest BCUT2D eigenvalue weighted by atomic mass is 16.3. The number of phenolic OH excluding ortho intramolecular Hbond substituents is 2. The molecule has 0 bridgehead atoms. The average Bonchev–Trinajstić information content (AvgIpc) is 2.34. The van der Waals surface area contributed by atoms with E-state index in [4.69, 9.17) is 5.11 Å². The first kappa shape index (κ1) is 11.1. The van der Waals surface area contributed by atoms with E-state index < -0.39 is 0 Å². The second kappa shape index (κ2) is 4.61. The van der Waals surface area contributed by atoms with E-state index in [1.807, 2.05) is 12.1 Å². The van der Waals surface area contributed by atoms with Gasteiger partial charge < -0.3 is 10.2 Å². The van der Waals surface area contributed by atoms with Crippen molar-refractivity contribution in [1.29, 1.82) is 0 Å². The first-order valence-electron chi connectivity index (χ1n) is 5.05. The third kappa shape index (κ3) is 2.57. The van der Waals surface area contributed by atoms with Crippen LogP contribution in [0.3, 0.4) is 0 Å². The van der Waals surface area contributed by atoms with Gasteiger partial charge in [-0.1, -0.05) is 11.2 Å². The highest BCUT2D eigenvalue weighted by molar-refractivity contribution is 5.53. The fraction of sp³-hybridized carbons (Fsp3) is 0.0833. The molecule has 2 rings (SSSR count). The number of phenols is 2. The van der Waals surface area contributed by atoms with Gasteiger partial charge in [-0.15, -0.1) is 4.70 Å². The summed E-state index contributed by atoms with van der Waals surface area (Å²) < 4.78 is 1.55. The Labute approximate surface area is 98.3 Å². The van der Waals surface area contributed by atoms with Gasteiger partial charge in [0.1, 0.15) is 30.4 Å². The Morgan fingerprint density at radius 1 is 1.18 bits per heavy atom. The summed E-state index contributed by atoms with van der Waals surface area (Å²) in [6.45, 7) is 0. The quantitative estimate of drug-likeness (QED) is 0.615. The molecule has 1 aromatic carbocycles. The maximum atomic E-state index is 9.59. The van der Waals surface area contributed by atoms with E-state index in [-0.39, 0.29) is 11.5 Å². The average molecular weight is 230 g/mol. The Morgan fingerprint density at radius 2 is 2.00 bits per heavy atom. The van der Waals surface area contributed by atoms with Gasteiger partial charge in [0.15, 0.2) is 0 Å². The minimum absolute atomic E-state index is 0.00180. The molecule has 17 heavy (non-hydrogen) atoms. The molecule has 0 saturated heterocycles. The van der Waals surface area contributed by atoms with Crippen molar-refractivity contribution in [2.45, 2.75) is 0 Å². The number of azo groups is 2. The number of aromatic nitrogens is 1. The minimum Gasteiger partial charge on any atom is -0.508 e. The summed E-state index contributed by atoms with van der Waals surface area (Å²) >= 11 is 0. The van der Waals surface area contributed by atoms with Gasteiger partial charge in [0.2, 0.25) is 0 Å². The third-order valence-corrected chi connectivity index (χ3v) is 2.20. The van der Waals surface area contributed by atoms with Crippen molar-refractivity contribution in [1.82, 2.24) is 4.98 Å². The Morgan fingerprint density at radius 3 is 2.65 bits per heavy atom. The van der Waals surface area contributed by atoms with E-state index >= 15 is 0 Å². The van der Waals surface area contributed by atoms with Gasteiger partial charge in [-0.2, -0.15) is 0 Å². The number of nitrogens with zero attached hydrogens (tertiary/aromatic N) is 3. The van der Waals surface area contributed by atoms with Crippen molar-refractivity contribution in [3.05, 3.63) is 42.6 Å². The van der Waals surface area contributed by atoms with Crippen LogP contribution in [-0.2, 0) is 0 Å². The molecular weight excluding hydrogens is 218 g/mol. The van der Waals surface area contributed by atoms with E-state index in [9.17, 15) is 5.11 Å². The summed E-state index contributed by atoms with van der Waals surface area (Å²) in [5.41, 5.74) is 0.371. The van der Waals surface area contributed by atoms with Crippen LogP contribution in [-0.4, -0.2) is 26.9 Å². The van der Waals surface area contributed by atoms with Gasteiger partial charge in [-0.25, -0.2) is 0 Å². The molecule has 0 saturated carbocycles. The molecule has 1 heterocycles. The molecule has 0 aliphatic heterocycles. The molecule has 5 heteroatoms. The van der Waals surface area contributed by atoms with Gasteiger partial charge >= 0.3 is 5.82 Å². The zero-order chi connectivity index (χ0) is 12.3. The van der Waals surface area contributed by atoms with Crippen LogP contribution >= 0.6 is 0 Å². The summed E-state index contributed by atoms with van der Waals surface area (Å²) in [5.74, 6) is 0.592. The van der Waals surface area contributed by atoms with E-state index in [1.54, 1.807) is 24.0 Å². The molecule has 0 atom stereocenters. The number of aromatic hydroxyl groups is 2. The molecule has 0 fully saturated rings. The number of pyridine rings is 1. The SMILES string of the molecule is C[N+](=Nc1ccc(O)cc1O)c1ccccn1. The number of hydrogen-bond donors (Lipinski definition) is 2. The topological polar surface area (TPSA) is 68.7 Å². The van der Waals surface area contributed by atoms with Gasteiger partial charge in [0.25, 0.3) is 0 Å². The standard InChI is InChI=1S/C12H11N3O2/c1-15(12-4-2-3-7-13-12)14-10-6-5-9(16)8-11(10)17/h2-8H,1H3,(H,16,17)/p+1. The Kier molecular flexibility index (Phi) is 3.00. The van der Waals surface area contributed by atoms with Crippen molar-refractivity contribution in [2.24, 2.45) is 5.11 Å². The number of benzene rings is 1. The Hall–Kier alpha value is -2.43. The Bertz CT molecular complexity index is 553. The van der Waals surface area contributed by atoms with E-state index in [2.05, 4.69) is 10.1 Å². The highest BCUT2D eigenvalue weighted by Crippen LogP contribution is 2.30. The summed E-state index contributed by atoms with van der Waals surface area (Å²) in [5, 5.41) is 22.9. The molecule has 0 aliphatic carbocycles. The van der Waals surface area contributed by atoms with Gasteiger partial charge in [-0.05, 0) is 23.2 Å². The predicted molar refractivity (Wildman–Crippen MR) is 61.9 cm³/mol. The third-order valence-electron chi connectivity index (χ3n) is 2.20. The zero-order valence-electron chi connectivity index (χ0n) is 9.28. The summed E-state index contributed by atoms with van der Waals surface area (Å²) in [6, 6.07) is 9.71. The normalized spacial score (nSPS) is 11.5. The zero-order valence-corrected chi connectivity index (χ0v) is 9.28. The van der Waals surface area contributed by atoms with Crippen LogP contribution in [0.1, 0.15) is 0 Å². The van der Waals surface area contributed by atoms with E-state index in [1.165, 1.54) is 18.2 Å². The maximum absolute atomic E-state index is 9.59. The second-order valence-corrected chi connectivity index (χ2v) is 3.48. The Balaban J connectivity index is 2.36. The lowest BCUT2D eigenvalue weighted by Crippen LogP contribution is -1.95. The summed E-state index contributed by atoms with van der Waals surface area (Å²) in [6.07, 6.45) is 1.66. The number of rotatable bonds is 2. The smallest absolute Gasteiger partial charge is 0.342 e. The lowest BCUT2D eigenvalue weighted by atomic mass is 10.3. The van der Waals surface area contributed by atoms with Crippen LogP contribution in [0.5, 0.6) is 11.5 Å². The van der Waals surface area contributed by atoms with Crippen molar-refractivity contribution in [3.63, 3.8) is 0 Å². The fourth-order valence-electron chi connectivity index (χ4n) is 1.35. The predicted octanol–water partition coefficient (Wildman–Crippen LogP) is 2.55. The van der Waals surface area contributed by atoms with E-state index in [0.29, 0.717) is 11.5 Å². The van der Waals surface area contributed by atoms with Crippen LogP contribution in [0.15, 0.2) is 47.7 Å². The highest BCUT2D eigenvalue weighted by Gasteiger charge is 2.08. The first-order valence-corrected chi connectivity index (χ1v) is 5.05. The van der Waals surface area contributed by atoms with E-state index in [0.717, 1.165) is 0 Å².